The van der Waals surface area contributed by atoms with Crippen LogP contribution in [0.15, 0.2) is 84.9 Å². The molecule has 0 fully saturated rings. The summed E-state index contributed by atoms with van der Waals surface area (Å²) >= 11 is 0. The molecule has 0 unspecified atom stereocenters. The molecule has 0 amide bonds. The molecule has 4 aromatic rings. The smallest absolute Gasteiger partial charge is 0.0711 e. The van der Waals surface area contributed by atoms with Gasteiger partial charge in [0, 0.05) is 11.1 Å². The van der Waals surface area contributed by atoms with Crippen molar-refractivity contribution in [2.75, 3.05) is 0 Å². The predicted molar refractivity (Wildman–Crippen MR) is 107 cm³/mol. The fourth-order valence-corrected chi connectivity index (χ4v) is 3.09. The Hall–Kier alpha value is -3.19. The fraction of sp³-hybridized carbons (Fsp3) is 0.0417. The van der Waals surface area contributed by atoms with Crippen molar-refractivity contribution >= 4 is 23.1 Å². The highest BCUT2D eigenvalue weighted by atomic mass is 14.7. The van der Waals surface area contributed by atoms with E-state index in [-0.39, 0.29) is 0 Å². The van der Waals surface area contributed by atoms with Crippen LogP contribution in [0.1, 0.15) is 16.8 Å². The van der Waals surface area contributed by atoms with Gasteiger partial charge in [0.25, 0.3) is 0 Å². The topological polar surface area (TPSA) is 12.9 Å². The summed E-state index contributed by atoms with van der Waals surface area (Å²) in [5.74, 6) is 0. The first-order valence-electron chi connectivity index (χ1n) is 8.49. The van der Waals surface area contributed by atoms with Crippen molar-refractivity contribution in [3.05, 3.63) is 102 Å². The summed E-state index contributed by atoms with van der Waals surface area (Å²) in [6.45, 7) is 2.05. The van der Waals surface area contributed by atoms with Gasteiger partial charge in [-0.05, 0) is 47.4 Å². The molecule has 1 nitrogen and oxygen atoms in total. The average Bonchev–Trinajstić information content (AvgIpc) is 2.67. The van der Waals surface area contributed by atoms with Crippen molar-refractivity contribution in [2.45, 2.75) is 6.92 Å². The predicted octanol–water partition coefficient (Wildman–Crippen LogP) is 6.38. The van der Waals surface area contributed by atoms with E-state index in [9.17, 15) is 0 Å². The van der Waals surface area contributed by atoms with E-state index in [1.165, 1.54) is 27.6 Å². The molecule has 1 heteroatoms. The second kappa shape index (κ2) is 6.74. The Balaban J connectivity index is 1.82. The Morgan fingerprint density at radius 1 is 0.680 bits per heavy atom. The number of benzene rings is 3. The van der Waals surface area contributed by atoms with Crippen molar-refractivity contribution in [3.8, 4) is 11.1 Å². The van der Waals surface area contributed by atoms with Crippen molar-refractivity contribution in [2.24, 2.45) is 0 Å². The molecule has 1 aromatic heterocycles. The van der Waals surface area contributed by atoms with Crippen LogP contribution in [-0.2, 0) is 0 Å². The average molecular weight is 321 g/mol. The van der Waals surface area contributed by atoms with E-state index in [1.807, 2.05) is 12.1 Å². The number of aromatic nitrogens is 1. The third-order valence-electron chi connectivity index (χ3n) is 4.31. The van der Waals surface area contributed by atoms with Gasteiger partial charge in [-0.25, -0.2) is 0 Å². The molecule has 0 bridgehead atoms. The van der Waals surface area contributed by atoms with Gasteiger partial charge in [-0.1, -0.05) is 78.9 Å². The van der Waals surface area contributed by atoms with Gasteiger partial charge in [0.15, 0.2) is 0 Å². The molecule has 4 rings (SSSR count). The number of nitrogens with zero attached hydrogens (tertiary/aromatic N) is 1. The van der Waals surface area contributed by atoms with Gasteiger partial charge in [-0.3, -0.25) is 4.98 Å². The largest absolute Gasteiger partial charge is 0.253 e. The van der Waals surface area contributed by atoms with Gasteiger partial charge in [0.05, 0.1) is 5.52 Å². The first kappa shape index (κ1) is 15.3. The normalized spacial score (nSPS) is 11.2. The summed E-state index contributed by atoms with van der Waals surface area (Å²) in [4.78, 5) is 4.70. The SMILES string of the molecule is Cc1cc(-c2ccccc2)c2cc(/C=C/c3ccccc3)ccc2n1. The van der Waals surface area contributed by atoms with E-state index in [0.29, 0.717) is 0 Å². The zero-order valence-electron chi connectivity index (χ0n) is 14.2. The van der Waals surface area contributed by atoms with Crippen LogP contribution in [0.4, 0.5) is 0 Å². The van der Waals surface area contributed by atoms with Crippen molar-refractivity contribution < 1.29 is 0 Å². The number of hydrogen-bond acceptors (Lipinski definition) is 1. The highest BCUT2D eigenvalue weighted by Crippen LogP contribution is 2.29. The molecular weight excluding hydrogens is 302 g/mol. The summed E-state index contributed by atoms with van der Waals surface area (Å²) in [5, 5.41) is 1.19. The summed E-state index contributed by atoms with van der Waals surface area (Å²) in [5.41, 5.74) is 6.92. The van der Waals surface area contributed by atoms with Gasteiger partial charge in [0.1, 0.15) is 0 Å². The number of aryl methyl sites for hydroxylation is 1. The second-order valence-electron chi connectivity index (χ2n) is 6.20. The molecule has 0 saturated carbocycles. The van der Waals surface area contributed by atoms with Crippen LogP contribution in [0.3, 0.4) is 0 Å². The van der Waals surface area contributed by atoms with E-state index in [0.717, 1.165) is 11.2 Å². The summed E-state index contributed by atoms with van der Waals surface area (Å²) in [6.07, 6.45) is 4.30. The Bertz CT molecular complexity index is 1030. The van der Waals surface area contributed by atoms with E-state index >= 15 is 0 Å². The number of fused-ring (bicyclic) bond motifs is 1. The molecule has 0 aliphatic carbocycles. The zero-order chi connectivity index (χ0) is 17.1. The van der Waals surface area contributed by atoms with Crippen LogP contribution in [0, 0.1) is 6.92 Å². The van der Waals surface area contributed by atoms with Gasteiger partial charge >= 0.3 is 0 Å². The molecule has 3 aromatic carbocycles. The molecule has 120 valence electrons. The maximum absolute atomic E-state index is 4.70. The summed E-state index contributed by atoms with van der Waals surface area (Å²) in [6, 6.07) is 29.5. The Morgan fingerprint density at radius 3 is 2.12 bits per heavy atom. The highest BCUT2D eigenvalue weighted by Gasteiger charge is 2.06. The molecular formula is C24H19N. The van der Waals surface area contributed by atoms with Crippen molar-refractivity contribution in [1.29, 1.82) is 0 Å². The second-order valence-corrected chi connectivity index (χ2v) is 6.20. The summed E-state index contributed by atoms with van der Waals surface area (Å²) < 4.78 is 0. The van der Waals surface area contributed by atoms with E-state index in [2.05, 4.69) is 91.9 Å². The van der Waals surface area contributed by atoms with Crippen LogP contribution in [0.5, 0.6) is 0 Å². The molecule has 0 aliphatic rings. The van der Waals surface area contributed by atoms with Crippen LogP contribution >= 0.6 is 0 Å². The minimum atomic E-state index is 1.04. The monoisotopic (exact) mass is 321 g/mol. The lowest BCUT2D eigenvalue weighted by Crippen LogP contribution is -1.89. The minimum Gasteiger partial charge on any atom is -0.253 e. The van der Waals surface area contributed by atoms with Gasteiger partial charge < -0.3 is 0 Å². The molecule has 0 saturated heterocycles. The first-order valence-corrected chi connectivity index (χ1v) is 8.49. The molecule has 1 heterocycles. The Labute approximate surface area is 148 Å². The van der Waals surface area contributed by atoms with Crippen LogP contribution in [-0.4, -0.2) is 4.98 Å². The van der Waals surface area contributed by atoms with E-state index in [1.54, 1.807) is 0 Å². The summed E-state index contributed by atoms with van der Waals surface area (Å²) in [7, 11) is 0. The zero-order valence-corrected chi connectivity index (χ0v) is 14.2. The molecule has 0 atom stereocenters. The highest BCUT2D eigenvalue weighted by molar-refractivity contribution is 5.96. The molecule has 0 spiro atoms. The standard InChI is InChI=1S/C24H19N/c1-18-16-22(21-10-6-3-7-11-21)23-17-20(14-15-24(23)25-18)13-12-19-8-4-2-5-9-19/h2-17H,1H3/b13-12+. The van der Waals surface area contributed by atoms with Crippen LogP contribution in [0.25, 0.3) is 34.2 Å². The van der Waals surface area contributed by atoms with Gasteiger partial charge in [-0.2, -0.15) is 0 Å². The van der Waals surface area contributed by atoms with Crippen LogP contribution < -0.4 is 0 Å². The fourth-order valence-electron chi connectivity index (χ4n) is 3.09. The molecule has 0 aliphatic heterocycles. The lowest BCUT2D eigenvalue weighted by Gasteiger charge is -2.09. The molecule has 0 N–H and O–H groups in total. The van der Waals surface area contributed by atoms with Gasteiger partial charge in [0.2, 0.25) is 0 Å². The van der Waals surface area contributed by atoms with E-state index in [4.69, 9.17) is 4.98 Å². The van der Waals surface area contributed by atoms with Crippen LogP contribution in [0.2, 0.25) is 0 Å². The maximum atomic E-state index is 4.70. The third kappa shape index (κ3) is 3.36. The Kier molecular flexibility index (Phi) is 4.14. The Morgan fingerprint density at radius 2 is 1.36 bits per heavy atom. The third-order valence-corrected chi connectivity index (χ3v) is 4.31. The quantitative estimate of drug-likeness (QED) is 0.399. The molecule has 25 heavy (non-hydrogen) atoms. The number of pyridine rings is 1. The van der Waals surface area contributed by atoms with Crippen molar-refractivity contribution in [1.82, 2.24) is 4.98 Å². The first-order chi connectivity index (χ1) is 12.3. The van der Waals surface area contributed by atoms with Gasteiger partial charge in [-0.15, -0.1) is 0 Å². The van der Waals surface area contributed by atoms with E-state index < -0.39 is 0 Å². The lowest BCUT2D eigenvalue weighted by atomic mass is 9.98. The maximum Gasteiger partial charge on any atom is 0.0711 e. The lowest BCUT2D eigenvalue weighted by molar-refractivity contribution is 1.26. The number of rotatable bonds is 3. The minimum absolute atomic E-state index is 1.04. The molecule has 0 radical (unpaired) electrons. The van der Waals surface area contributed by atoms with Crippen molar-refractivity contribution in [3.63, 3.8) is 0 Å². The number of hydrogen-bond donors (Lipinski definition) is 0.